The third-order valence-corrected chi connectivity index (χ3v) is 5.13. The van der Waals surface area contributed by atoms with E-state index in [-0.39, 0.29) is 24.3 Å². The van der Waals surface area contributed by atoms with Crippen LogP contribution in [-0.2, 0) is 23.9 Å². The van der Waals surface area contributed by atoms with E-state index in [4.69, 9.17) is 14.6 Å². The molecule has 0 radical (unpaired) electrons. The molecule has 34 heavy (non-hydrogen) atoms. The van der Waals surface area contributed by atoms with Crippen LogP contribution in [0.2, 0.25) is 0 Å². The fraction of sp³-hybridized carbons (Fsp3) is 0.500. The number of benzene rings is 1. The van der Waals surface area contributed by atoms with Crippen LogP contribution < -0.4 is 21.5 Å². The molecule has 3 amide bonds. The number of carboxylic acids is 1. The van der Waals surface area contributed by atoms with Crippen LogP contribution >= 0.6 is 0 Å². The molecule has 5 N–H and O–H groups in total. The average Bonchev–Trinajstić information content (AvgIpc) is 3.24. The number of para-hydroxylation sites is 1. The van der Waals surface area contributed by atoms with Crippen molar-refractivity contribution >= 4 is 29.4 Å². The van der Waals surface area contributed by atoms with Crippen molar-refractivity contribution in [3.8, 4) is 0 Å². The fourth-order valence-electron chi connectivity index (χ4n) is 3.22. The molecule has 2 aliphatic rings. The van der Waals surface area contributed by atoms with E-state index in [2.05, 4.69) is 21.5 Å². The average molecular weight is 489 g/mol. The number of likely N-dealkylation sites (N-methyl/N-ethyl adjacent to an activating group) is 1. The Bertz CT molecular complexity index is 885. The lowest BCUT2D eigenvalue weighted by Gasteiger charge is -2.37. The lowest BCUT2D eigenvalue weighted by molar-refractivity contribution is -0.192. The van der Waals surface area contributed by atoms with Crippen LogP contribution in [-0.4, -0.2) is 77.9 Å². The molecule has 1 aromatic rings. The van der Waals surface area contributed by atoms with Gasteiger partial charge in [0.25, 0.3) is 5.91 Å². The Kier molecular flexibility index (Phi) is 9.20. The van der Waals surface area contributed by atoms with Gasteiger partial charge in [0.1, 0.15) is 18.3 Å². The molecule has 0 bridgehead atoms. The summed E-state index contributed by atoms with van der Waals surface area (Å²) in [6, 6.07) is 7.36. The van der Waals surface area contributed by atoms with Gasteiger partial charge in [-0.15, -0.1) is 0 Å². The summed E-state index contributed by atoms with van der Waals surface area (Å²) >= 11 is 0. The first-order chi connectivity index (χ1) is 16.0. The summed E-state index contributed by atoms with van der Waals surface area (Å²) in [5.74, 6) is -3.65. The van der Waals surface area contributed by atoms with Crippen LogP contribution in [0.4, 0.5) is 18.9 Å². The molecular formula is C20H26F3N5O6. The van der Waals surface area contributed by atoms with Crippen LogP contribution in [0.15, 0.2) is 30.3 Å². The van der Waals surface area contributed by atoms with Crippen molar-refractivity contribution in [1.82, 2.24) is 21.0 Å². The zero-order valence-electron chi connectivity index (χ0n) is 18.4. The van der Waals surface area contributed by atoms with E-state index in [9.17, 15) is 27.6 Å². The minimum atomic E-state index is -5.08. The zero-order chi connectivity index (χ0) is 25.5. The summed E-state index contributed by atoms with van der Waals surface area (Å²) in [7, 11) is 1.67. The third kappa shape index (κ3) is 7.05. The number of aliphatic carboxylic acids is 1. The summed E-state index contributed by atoms with van der Waals surface area (Å²) in [5, 5.41) is 12.6. The first-order valence-electron chi connectivity index (χ1n) is 10.3. The molecule has 1 aromatic carbocycles. The molecule has 11 nitrogen and oxygen atoms in total. The number of rotatable bonds is 6. The van der Waals surface area contributed by atoms with Gasteiger partial charge < -0.3 is 25.4 Å². The molecule has 188 valence electrons. The van der Waals surface area contributed by atoms with Gasteiger partial charge in [0.05, 0.1) is 18.3 Å². The lowest BCUT2D eigenvalue weighted by Crippen LogP contribution is -2.62. The van der Waals surface area contributed by atoms with Crippen LogP contribution in [0.5, 0.6) is 0 Å². The molecule has 2 aliphatic heterocycles. The van der Waals surface area contributed by atoms with Gasteiger partial charge in [-0.05, 0) is 38.9 Å². The van der Waals surface area contributed by atoms with Gasteiger partial charge in [-0.25, -0.2) is 4.79 Å². The van der Waals surface area contributed by atoms with Crippen molar-refractivity contribution < 1.29 is 42.2 Å². The predicted molar refractivity (Wildman–Crippen MR) is 112 cm³/mol. The summed E-state index contributed by atoms with van der Waals surface area (Å²) in [6.45, 7) is 1.81. The molecule has 2 saturated heterocycles. The maximum absolute atomic E-state index is 12.9. The Morgan fingerprint density at radius 2 is 1.79 bits per heavy atom. The van der Waals surface area contributed by atoms with E-state index in [1.165, 1.54) is 4.90 Å². The number of alkyl halides is 3. The number of nitrogens with one attached hydrogen (secondary N) is 4. The Hall–Kier alpha value is -3.39. The van der Waals surface area contributed by atoms with Crippen molar-refractivity contribution in [2.45, 2.75) is 50.3 Å². The number of carbonyl (C=O) groups excluding carboxylic acids is 3. The van der Waals surface area contributed by atoms with Crippen molar-refractivity contribution in [1.29, 1.82) is 0 Å². The SMILES string of the molecule is CN[C@@H](C)C(=O)NC1COC2CC[C@@H](C(=O)NNc3ccccc3)N2C1=O.O=C(O)C(F)(F)F. The lowest BCUT2D eigenvalue weighted by atomic mass is 10.1. The topological polar surface area (TPSA) is 149 Å². The number of fused-ring (bicyclic) bond motifs is 1. The second kappa shape index (κ2) is 11.7. The van der Waals surface area contributed by atoms with E-state index in [0.717, 1.165) is 5.69 Å². The van der Waals surface area contributed by atoms with Gasteiger partial charge >= 0.3 is 12.1 Å². The van der Waals surface area contributed by atoms with Crippen molar-refractivity contribution in [2.24, 2.45) is 0 Å². The highest BCUT2D eigenvalue weighted by atomic mass is 19.4. The summed E-state index contributed by atoms with van der Waals surface area (Å²) < 4.78 is 37.4. The Labute approximate surface area is 193 Å². The summed E-state index contributed by atoms with van der Waals surface area (Å²) in [5.41, 5.74) is 6.23. The first-order valence-corrected chi connectivity index (χ1v) is 10.3. The second-order valence-corrected chi connectivity index (χ2v) is 7.48. The number of ether oxygens (including phenoxy) is 1. The highest BCUT2D eigenvalue weighted by molar-refractivity contribution is 5.94. The van der Waals surface area contributed by atoms with E-state index in [1.54, 1.807) is 14.0 Å². The molecule has 2 fully saturated rings. The van der Waals surface area contributed by atoms with Gasteiger partial charge in [-0.3, -0.25) is 25.2 Å². The number of amides is 3. The fourth-order valence-corrected chi connectivity index (χ4v) is 3.22. The molecule has 0 spiro atoms. The van der Waals surface area contributed by atoms with Crippen LogP contribution in [0.1, 0.15) is 19.8 Å². The van der Waals surface area contributed by atoms with Crippen molar-refractivity contribution in [3.05, 3.63) is 30.3 Å². The molecular weight excluding hydrogens is 463 g/mol. The Morgan fingerprint density at radius 3 is 2.35 bits per heavy atom. The van der Waals surface area contributed by atoms with Crippen molar-refractivity contribution in [3.63, 3.8) is 0 Å². The van der Waals surface area contributed by atoms with E-state index in [0.29, 0.717) is 12.8 Å². The number of carboxylic acid groups (broad SMARTS) is 1. The largest absolute Gasteiger partial charge is 0.490 e. The van der Waals surface area contributed by atoms with Crippen molar-refractivity contribution in [2.75, 3.05) is 19.1 Å². The van der Waals surface area contributed by atoms with Crippen LogP contribution in [0.3, 0.4) is 0 Å². The highest BCUT2D eigenvalue weighted by Gasteiger charge is 2.47. The van der Waals surface area contributed by atoms with E-state index in [1.807, 2.05) is 30.3 Å². The molecule has 3 rings (SSSR count). The van der Waals surface area contributed by atoms with Gasteiger partial charge in [-0.2, -0.15) is 13.2 Å². The number of hydrogen-bond donors (Lipinski definition) is 5. The van der Waals surface area contributed by atoms with Gasteiger partial charge in [-0.1, -0.05) is 18.2 Å². The highest BCUT2D eigenvalue weighted by Crippen LogP contribution is 2.29. The molecule has 0 aromatic heterocycles. The standard InChI is InChI=1S/C18H25N5O4.C2HF3O2/c1-11(19-2)16(24)20-13-10-27-15-9-8-14(23(15)18(13)26)17(25)22-21-12-6-4-3-5-7-12;3-2(4,5)1(6)7/h3-7,11,13-15,19,21H,8-10H2,1-2H3,(H,20,24)(H,22,25);(H,6,7)/t11-,13?,14-,15?;/m0./s1. The zero-order valence-corrected chi connectivity index (χ0v) is 18.4. The monoisotopic (exact) mass is 489 g/mol. The number of hydrogen-bond acceptors (Lipinski definition) is 7. The predicted octanol–water partition coefficient (Wildman–Crippen LogP) is 0.203. The molecule has 2 unspecified atom stereocenters. The smallest absolute Gasteiger partial charge is 0.475 e. The maximum Gasteiger partial charge on any atom is 0.490 e. The minimum absolute atomic E-state index is 0.110. The number of nitrogens with zero attached hydrogens (tertiary/aromatic N) is 1. The molecule has 0 aliphatic carbocycles. The van der Waals surface area contributed by atoms with Crippen LogP contribution in [0, 0.1) is 0 Å². The molecule has 4 atom stereocenters. The summed E-state index contributed by atoms with van der Waals surface area (Å²) in [4.78, 5) is 47.8. The Morgan fingerprint density at radius 1 is 1.18 bits per heavy atom. The number of carbonyl (C=O) groups is 4. The van der Waals surface area contributed by atoms with Gasteiger partial charge in [0.15, 0.2) is 0 Å². The van der Waals surface area contributed by atoms with Crippen LogP contribution in [0.25, 0.3) is 0 Å². The third-order valence-electron chi connectivity index (χ3n) is 5.13. The second-order valence-electron chi connectivity index (χ2n) is 7.48. The van der Waals surface area contributed by atoms with E-state index >= 15 is 0 Å². The number of halogens is 3. The Balaban J connectivity index is 0.000000509. The molecule has 0 saturated carbocycles. The molecule has 2 heterocycles. The quantitative estimate of drug-likeness (QED) is 0.356. The maximum atomic E-state index is 12.9. The summed E-state index contributed by atoms with van der Waals surface area (Å²) in [6.07, 6.45) is -4.42. The van der Waals surface area contributed by atoms with Gasteiger partial charge in [0, 0.05) is 0 Å². The molecule has 14 heteroatoms. The van der Waals surface area contributed by atoms with Gasteiger partial charge in [0.2, 0.25) is 11.8 Å². The number of hydrazine groups is 1. The minimum Gasteiger partial charge on any atom is -0.475 e. The number of anilines is 1. The normalized spacial score (nSPS) is 22.6. The van der Waals surface area contributed by atoms with E-state index < -0.39 is 36.5 Å². The first kappa shape index (κ1) is 26.9.